The Morgan fingerprint density at radius 3 is 1.91 bits per heavy atom. The van der Waals surface area contributed by atoms with E-state index >= 15 is 0 Å². The molecular formula is C49H29N3O3. The second-order valence-electron chi connectivity index (χ2n) is 14.0. The largest absolute Gasteiger partial charge is 0.456 e. The molecule has 12 aromatic rings. The van der Waals surface area contributed by atoms with E-state index in [9.17, 15) is 0 Å². The van der Waals surface area contributed by atoms with E-state index < -0.39 is 0 Å². The van der Waals surface area contributed by atoms with Crippen LogP contribution in [0, 0.1) is 0 Å². The molecule has 12 rings (SSSR count). The maximum absolute atomic E-state index is 6.51. The molecule has 0 saturated heterocycles. The van der Waals surface area contributed by atoms with Crippen molar-refractivity contribution >= 4 is 93.8 Å². The van der Waals surface area contributed by atoms with Crippen LogP contribution >= 0.6 is 0 Å². The molecule has 0 aliphatic carbocycles. The van der Waals surface area contributed by atoms with Gasteiger partial charge < -0.3 is 22.7 Å². The quantitative estimate of drug-likeness (QED) is 0.178. The van der Waals surface area contributed by atoms with Gasteiger partial charge in [-0.1, -0.05) is 72.8 Å². The van der Waals surface area contributed by atoms with Crippen LogP contribution in [-0.2, 0) is 0 Å². The number of hydrogen-bond donors (Lipinski definition) is 0. The van der Waals surface area contributed by atoms with Crippen molar-refractivity contribution < 1.29 is 13.3 Å². The first-order valence-corrected chi connectivity index (χ1v) is 18.4. The standard InChI is InChI=1S/C49H29N3O3/c1-3-11-30(12-4-1)49-50-40-23-26-45-47(48(40)55-49)39-28-33(21-25-44(39)53-45)51(34-19-22-37-36-16-8-10-18-43(36)54-46(37)29-34)32-20-24-42-38(27-32)35-15-7-9-17-41(35)52(42)31-13-5-2-6-14-31/h1-29H. The number of hydrogen-bond acceptors (Lipinski definition) is 5. The lowest BCUT2D eigenvalue weighted by molar-refractivity contribution is 0.622. The molecule has 0 amide bonds. The average molecular weight is 708 g/mol. The second kappa shape index (κ2) is 11.5. The molecule has 55 heavy (non-hydrogen) atoms. The second-order valence-corrected chi connectivity index (χ2v) is 14.0. The number of para-hydroxylation sites is 3. The van der Waals surface area contributed by atoms with Crippen LogP contribution in [0.15, 0.2) is 189 Å². The maximum Gasteiger partial charge on any atom is 0.227 e. The number of oxazole rings is 1. The Morgan fingerprint density at radius 2 is 1.04 bits per heavy atom. The van der Waals surface area contributed by atoms with Crippen molar-refractivity contribution in [1.82, 2.24) is 9.55 Å². The summed E-state index contributed by atoms with van der Waals surface area (Å²) >= 11 is 0. The fourth-order valence-electron chi connectivity index (χ4n) is 8.33. The lowest BCUT2D eigenvalue weighted by atomic mass is 10.1. The summed E-state index contributed by atoms with van der Waals surface area (Å²) in [5.74, 6) is 0.581. The van der Waals surface area contributed by atoms with Crippen molar-refractivity contribution in [3.63, 3.8) is 0 Å². The summed E-state index contributed by atoms with van der Waals surface area (Å²) < 4.78 is 21.7. The van der Waals surface area contributed by atoms with Crippen molar-refractivity contribution in [2.45, 2.75) is 0 Å². The molecule has 0 atom stereocenters. The van der Waals surface area contributed by atoms with Crippen LogP contribution in [0.4, 0.5) is 17.1 Å². The summed E-state index contributed by atoms with van der Waals surface area (Å²) in [5, 5.41) is 6.39. The highest BCUT2D eigenvalue weighted by Crippen LogP contribution is 2.44. The highest BCUT2D eigenvalue weighted by Gasteiger charge is 2.22. The van der Waals surface area contributed by atoms with Crippen molar-refractivity contribution in [3.05, 3.63) is 176 Å². The number of benzene rings is 8. The molecule has 0 spiro atoms. The van der Waals surface area contributed by atoms with Gasteiger partial charge in [0.1, 0.15) is 27.8 Å². The van der Waals surface area contributed by atoms with Crippen molar-refractivity contribution in [3.8, 4) is 17.1 Å². The van der Waals surface area contributed by atoms with Crippen LogP contribution in [0.2, 0.25) is 0 Å². The van der Waals surface area contributed by atoms with Crippen LogP contribution < -0.4 is 4.90 Å². The molecule has 6 heteroatoms. The monoisotopic (exact) mass is 707 g/mol. The molecule has 4 aromatic heterocycles. The average Bonchev–Trinajstić information content (AvgIpc) is 4.01. The molecule has 8 aromatic carbocycles. The highest BCUT2D eigenvalue weighted by atomic mass is 16.4. The normalized spacial score (nSPS) is 12.0. The van der Waals surface area contributed by atoms with Gasteiger partial charge in [0.05, 0.1) is 16.4 Å². The predicted octanol–water partition coefficient (Wildman–Crippen LogP) is 13.9. The number of nitrogens with zero attached hydrogens (tertiary/aromatic N) is 3. The van der Waals surface area contributed by atoms with Gasteiger partial charge >= 0.3 is 0 Å². The third-order valence-corrected chi connectivity index (χ3v) is 10.8. The minimum Gasteiger partial charge on any atom is -0.456 e. The van der Waals surface area contributed by atoms with Gasteiger partial charge in [0.15, 0.2) is 5.58 Å². The molecule has 0 aliphatic heterocycles. The van der Waals surface area contributed by atoms with Gasteiger partial charge in [-0.3, -0.25) is 0 Å². The van der Waals surface area contributed by atoms with Gasteiger partial charge in [-0.15, -0.1) is 0 Å². The van der Waals surface area contributed by atoms with Crippen LogP contribution in [0.1, 0.15) is 0 Å². The molecule has 0 aliphatic rings. The SMILES string of the molecule is c1ccc(-c2nc3ccc4oc5ccc(N(c6ccc7c(c6)oc6ccccc67)c6ccc7c(c6)c6ccccc6n7-c6ccccc6)cc5c4c3o2)cc1. The van der Waals surface area contributed by atoms with Crippen LogP contribution in [-0.4, -0.2) is 9.55 Å². The van der Waals surface area contributed by atoms with E-state index in [-0.39, 0.29) is 0 Å². The number of furan rings is 2. The van der Waals surface area contributed by atoms with Gasteiger partial charge in [0, 0.05) is 61.3 Å². The molecule has 0 saturated carbocycles. The van der Waals surface area contributed by atoms with Gasteiger partial charge in [-0.25, -0.2) is 4.98 Å². The molecular weight excluding hydrogens is 679 g/mol. The van der Waals surface area contributed by atoms with Gasteiger partial charge in [0.2, 0.25) is 5.89 Å². The third kappa shape index (κ3) is 4.52. The lowest BCUT2D eigenvalue weighted by Gasteiger charge is -2.26. The summed E-state index contributed by atoms with van der Waals surface area (Å²) in [6.45, 7) is 0. The molecule has 4 heterocycles. The zero-order valence-corrected chi connectivity index (χ0v) is 29.3. The Kier molecular flexibility index (Phi) is 6.24. The first kappa shape index (κ1) is 29.9. The highest BCUT2D eigenvalue weighted by molar-refractivity contribution is 6.17. The Labute approximate surface area is 313 Å². The molecule has 0 radical (unpaired) electrons. The summed E-state index contributed by atoms with van der Waals surface area (Å²) in [6.07, 6.45) is 0. The summed E-state index contributed by atoms with van der Waals surface area (Å²) in [6, 6.07) is 60.9. The van der Waals surface area contributed by atoms with E-state index in [0.717, 1.165) is 88.7 Å². The minimum atomic E-state index is 0.581. The van der Waals surface area contributed by atoms with Crippen LogP contribution in [0.3, 0.4) is 0 Å². The predicted molar refractivity (Wildman–Crippen MR) is 223 cm³/mol. The Hall–Kier alpha value is -7.57. The Morgan fingerprint density at radius 1 is 0.418 bits per heavy atom. The number of fused-ring (bicyclic) bond motifs is 11. The Bertz CT molecular complexity index is 3440. The van der Waals surface area contributed by atoms with E-state index in [4.69, 9.17) is 18.2 Å². The molecule has 0 N–H and O–H groups in total. The van der Waals surface area contributed by atoms with Crippen molar-refractivity contribution in [2.24, 2.45) is 0 Å². The zero-order valence-electron chi connectivity index (χ0n) is 29.3. The van der Waals surface area contributed by atoms with Gasteiger partial charge in [-0.05, 0) is 97.1 Å². The van der Waals surface area contributed by atoms with E-state index in [0.29, 0.717) is 11.5 Å². The van der Waals surface area contributed by atoms with Crippen LogP contribution in [0.5, 0.6) is 0 Å². The Balaban J connectivity index is 1.10. The van der Waals surface area contributed by atoms with Crippen molar-refractivity contribution in [2.75, 3.05) is 4.90 Å². The molecule has 0 bridgehead atoms. The van der Waals surface area contributed by atoms with E-state index in [1.54, 1.807) is 0 Å². The van der Waals surface area contributed by atoms with Crippen molar-refractivity contribution in [1.29, 1.82) is 0 Å². The fourth-order valence-corrected chi connectivity index (χ4v) is 8.33. The topological polar surface area (TPSA) is 60.5 Å². The molecule has 0 fully saturated rings. The number of rotatable bonds is 5. The molecule has 258 valence electrons. The van der Waals surface area contributed by atoms with Gasteiger partial charge in [0.25, 0.3) is 0 Å². The number of aromatic nitrogens is 2. The van der Waals surface area contributed by atoms with Crippen LogP contribution in [0.25, 0.3) is 93.9 Å². The summed E-state index contributed by atoms with van der Waals surface area (Å²) in [5.41, 5.74) is 12.0. The zero-order chi connectivity index (χ0) is 36.0. The third-order valence-electron chi connectivity index (χ3n) is 10.8. The molecule has 0 unspecified atom stereocenters. The molecule has 6 nitrogen and oxygen atoms in total. The van der Waals surface area contributed by atoms with E-state index in [2.05, 4.69) is 131 Å². The number of anilines is 3. The first-order valence-electron chi connectivity index (χ1n) is 18.4. The lowest BCUT2D eigenvalue weighted by Crippen LogP contribution is -2.09. The smallest absolute Gasteiger partial charge is 0.227 e. The summed E-state index contributed by atoms with van der Waals surface area (Å²) in [7, 11) is 0. The maximum atomic E-state index is 6.51. The van der Waals surface area contributed by atoms with E-state index in [1.807, 2.05) is 54.6 Å². The minimum absolute atomic E-state index is 0.581. The fraction of sp³-hybridized carbons (Fsp3) is 0. The summed E-state index contributed by atoms with van der Waals surface area (Å²) in [4.78, 5) is 7.17. The van der Waals surface area contributed by atoms with E-state index in [1.165, 1.54) is 10.8 Å². The first-order chi connectivity index (χ1) is 27.2. The van der Waals surface area contributed by atoms with Gasteiger partial charge in [-0.2, -0.15) is 0 Å².